The molecule has 7 nitrogen and oxygen atoms in total. The van der Waals surface area contributed by atoms with Crippen LogP contribution >= 0.6 is 0 Å². The van der Waals surface area contributed by atoms with E-state index in [2.05, 4.69) is 10.6 Å². The first-order valence-electron chi connectivity index (χ1n) is 10.1. The van der Waals surface area contributed by atoms with E-state index >= 15 is 0 Å². The third-order valence-electron chi connectivity index (χ3n) is 5.03. The van der Waals surface area contributed by atoms with Crippen molar-refractivity contribution in [3.8, 4) is 0 Å². The molecule has 0 aromatic heterocycles. The van der Waals surface area contributed by atoms with E-state index in [-0.39, 0.29) is 11.8 Å². The van der Waals surface area contributed by atoms with Crippen molar-refractivity contribution in [2.75, 3.05) is 16.8 Å². The van der Waals surface area contributed by atoms with E-state index in [0.717, 1.165) is 17.7 Å². The van der Waals surface area contributed by atoms with E-state index in [0.29, 0.717) is 12.2 Å². The number of para-hydroxylation sites is 2. The molecule has 2 atom stereocenters. The fraction of sp³-hybridized carbons (Fsp3) is 0.348. The molecule has 30 heavy (non-hydrogen) atoms. The number of benzene rings is 2. The van der Waals surface area contributed by atoms with Gasteiger partial charge < -0.3 is 20.3 Å². The highest BCUT2D eigenvalue weighted by Crippen LogP contribution is 2.28. The number of nitrogens with one attached hydrogen (secondary N) is 2. The molecule has 1 aliphatic heterocycles. The Kier molecular flexibility index (Phi) is 6.72. The Morgan fingerprint density at radius 3 is 2.33 bits per heavy atom. The Labute approximate surface area is 176 Å². The summed E-state index contributed by atoms with van der Waals surface area (Å²) >= 11 is 0. The first kappa shape index (κ1) is 21.4. The van der Waals surface area contributed by atoms with Crippen molar-refractivity contribution in [2.24, 2.45) is 5.92 Å². The molecular weight excluding hydrogens is 382 g/mol. The van der Waals surface area contributed by atoms with Gasteiger partial charge in [-0.2, -0.15) is 0 Å². The number of rotatable bonds is 6. The molecule has 2 aromatic rings. The van der Waals surface area contributed by atoms with Crippen LogP contribution in [0, 0.1) is 5.92 Å². The molecule has 0 radical (unpaired) electrons. The normalized spacial score (nSPS) is 14.6. The maximum Gasteiger partial charge on any atom is 0.329 e. The SMILES string of the molecule is CC(C)[C@H](NC(=O)Nc1ccccc1)C(=O)O[C@H](C)C(=O)N1CCc2ccccc21. The predicted molar refractivity (Wildman–Crippen MR) is 115 cm³/mol. The quantitative estimate of drug-likeness (QED) is 0.716. The van der Waals surface area contributed by atoms with Crippen LogP contribution in [0.15, 0.2) is 54.6 Å². The van der Waals surface area contributed by atoms with Crippen LogP contribution in [-0.4, -0.2) is 36.6 Å². The summed E-state index contributed by atoms with van der Waals surface area (Å²) in [5.74, 6) is -1.13. The van der Waals surface area contributed by atoms with E-state index in [1.165, 1.54) is 0 Å². The first-order chi connectivity index (χ1) is 14.4. The van der Waals surface area contributed by atoms with Gasteiger partial charge in [0.1, 0.15) is 6.04 Å². The van der Waals surface area contributed by atoms with Crippen LogP contribution in [0.4, 0.5) is 16.2 Å². The summed E-state index contributed by atoms with van der Waals surface area (Å²) in [5, 5.41) is 5.33. The zero-order chi connectivity index (χ0) is 21.7. The molecular formula is C23H27N3O4. The van der Waals surface area contributed by atoms with Crippen molar-refractivity contribution in [1.82, 2.24) is 5.32 Å². The summed E-state index contributed by atoms with van der Waals surface area (Å²) in [6.07, 6.45) is -0.179. The molecule has 0 bridgehead atoms. The minimum Gasteiger partial charge on any atom is -0.451 e. The lowest BCUT2D eigenvalue weighted by atomic mass is 10.0. The Morgan fingerprint density at radius 2 is 1.63 bits per heavy atom. The number of esters is 1. The highest BCUT2D eigenvalue weighted by molar-refractivity contribution is 5.99. The standard InChI is InChI=1S/C23H27N3O4/c1-15(2)20(25-23(29)24-18-10-5-4-6-11-18)22(28)30-16(3)21(27)26-14-13-17-9-7-8-12-19(17)26/h4-12,15-16,20H,13-14H2,1-3H3,(H2,24,25,29)/t16-,20+/m1/s1. The molecule has 0 saturated heterocycles. The summed E-state index contributed by atoms with van der Waals surface area (Å²) in [7, 11) is 0. The van der Waals surface area contributed by atoms with Crippen LogP contribution in [0.1, 0.15) is 26.3 Å². The molecule has 1 aliphatic rings. The van der Waals surface area contributed by atoms with Gasteiger partial charge in [0.25, 0.3) is 5.91 Å². The number of fused-ring (bicyclic) bond motifs is 1. The fourth-order valence-electron chi connectivity index (χ4n) is 3.41. The number of carbonyl (C=O) groups is 3. The lowest BCUT2D eigenvalue weighted by Gasteiger charge is -2.25. The van der Waals surface area contributed by atoms with Crippen LogP contribution in [0.5, 0.6) is 0 Å². The van der Waals surface area contributed by atoms with Crippen molar-refractivity contribution in [2.45, 2.75) is 39.3 Å². The average Bonchev–Trinajstić information content (AvgIpc) is 3.16. The van der Waals surface area contributed by atoms with Gasteiger partial charge in [-0.1, -0.05) is 50.2 Å². The zero-order valence-electron chi connectivity index (χ0n) is 17.4. The van der Waals surface area contributed by atoms with Crippen molar-refractivity contribution in [3.63, 3.8) is 0 Å². The lowest BCUT2D eigenvalue weighted by molar-refractivity contribution is -0.156. The van der Waals surface area contributed by atoms with Gasteiger partial charge in [0.2, 0.25) is 0 Å². The van der Waals surface area contributed by atoms with Crippen molar-refractivity contribution >= 4 is 29.3 Å². The molecule has 0 unspecified atom stereocenters. The van der Waals surface area contributed by atoms with E-state index in [1.807, 2.05) is 30.3 Å². The second-order valence-corrected chi connectivity index (χ2v) is 7.63. The molecule has 3 rings (SSSR count). The van der Waals surface area contributed by atoms with Gasteiger partial charge in [-0.25, -0.2) is 9.59 Å². The molecule has 0 aliphatic carbocycles. The predicted octanol–water partition coefficient (Wildman–Crippen LogP) is 3.35. The number of amides is 3. The Morgan fingerprint density at radius 1 is 0.967 bits per heavy atom. The van der Waals surface area contributed by atoms with Crippen molar-refractivity contribution in [3.05, 3.63) is 60.2 Å². The number of hydrogen-bond acceptors (Lipinski definition) is 4. The third kappa shape index (κ3) is 4.97. The third-order valence-corrected chi connectivity index (χ3v) is 5.03. The minimum atomic E-state index is -0.955. The van der Waals surface area contributed by atoms with E-state index in [1.54, 1.807) is 49.9 Å². The maximum atomic E-state index is 12.8. The number of anilines is 2. The van der Waals surface area contributed by atoms with Crippen LogP contribution in [0.3, 0.4) is 0 Å². The van der Waals surface area contributed by atoms with Gasteiger partial charge in [0.15, 0.2) is 6.10 Å². The van der Waals surface area contributed by atoms with Crippen molar-refractivity contribution in [1.29, 1.82) is 0 Å². The van der Waals surface area contributed by atoms with Gasteiger partial charge in [0.05, 0.1) is 0 Å². The van der Waals surface area contributed by atoms with Crippen LogP contribution in [0.2, 0.25) is 0 Å². The summed E-state index contributed by atoms with van der Waals surface area (Å²) < 4.78 is 5.44. The number of hydrogen-bond donors (Lipinski definition) is 2. The van der Waals surface area contributed by atoms with Crippen LogP contribution in [-0.2, 0) is 20.7 Å². The molecule has 158 valence electrons. The number of nitrogens with zero attached hydrogens (tertiary/aromatic N) is 1. The molecule has 0 saturated carbocycles. The lowest BCUT2D eigenvalue weighted by Crippen LogP contribution is -2.49. The first-order valence-corrected chi connectivity index (χ1v) is 10.1. The maximum absolute atomic E-state index is 12.8. The summed E-state index contributed by atoms with van der Waals surface area (Å²) in [5.41, 5.74) is 2.57. The number of carbonyl (C=O) groups excluding carboxylic acids is 3. The topological polar surface area (TPSA) is 87.7 Å². The molecule has 2 N–H and O–H groups in total. The van der Waals surface area contributed by atoms with Gasteiger partial charge in [0, 0.05) is 17.9 Å². The van der Waals surface area contributed by atoms with E-state index in [9.17, 15) is 14.4 Å². The molecule has 0 fully saturated rings. The van der Waals surface area contributed by atoms with E-state index < -0.39 is 24.1 Å². The number of ether oxygens (including phenoxy) is 1. The molecule has 7 heteroatoms. The second kappa shape index (κ2) is 9.43. The molecule has 1 heterocycles. The molecule has 2 aromatic carbocycles. The Bertz CT molecular complexity index is 914. The van der Waals surface area contributed by atoms with Gasteiger partial charge in [-0.3, -0.25) is 4.79 Å². The highest BCUT2D eigenvalue weighted by Gasteiger charge is 2.33. The summed E-state index contributed by atoms with van der Waals surface area (Å²) in [6.45, 7) is 5.73. The van der Waals surface area contributed by atoms with Gasteiger partial charge >= 0.3 is 12.0 Å². The monoisotopic (exact) mass is 409 g/mol. The summed E-state index contributed by atoms with van der Waals surface area (Å²) in [6, 6.07) is 15.2. The smallest absolute Gasteiger partial charge is 0.329 e. The van der Waals surface area contributed by atoms with Gasteiger partial charge in [-0.15, -0.1) is 0 Å². The summed E-state index contributed by atoms with van der Waals surface area (Å²) in [4.78, 5) is 39.5. The highest BCUT2D eigenvalue weighted by atomic mass is 16.5. The average molecular weight is 409 g/mol. The molecule has 3 amide bonds. The second-order valence-electron chi connectivity index (χ2n) is 7.63. The molecule has 0 spiro atoms. The Hall–Kier alpha value is -3.35. The minimum absolute atomic E-state index is 0.214. The Balaban J connectivity index is 1.60. The van der Waals surface area contributed by atoms with Crippen LogP contribution in [0.25, 0.3) is 0 Å². The van der Waals surface area contributed by atoms with Crippen LogP contribution < -0.4 is 15.5 Å². The number of urea groups is 1. The fourth-order valence-corrected chi connectivity index (χ4v) is 3.41. The zero-order valence-corrected chi connectivity index (χ0v) is 17.4. The largest absolute Gasteiger partial charge is 0.451 e. The van der Waals surface area contributed by atoms with Crippen molar-refractivity contribution < 1.29 is 19.1 Å². The van der Waals surface area contributed by atoms with E-state index in [4.69, 9.17) is 4.74 Å². The van der Waals surface area contributed by atoms with Gasteiger partial charge in [-0.05, 0) is 43.0 Å².